The molecule has 1 spiro atoms. The maximum absolute atomic E-state index is 2.60. The SMILES string of the molecule is c1ccc(-c2ccc(N3c4cc(cc5c4C4(c6ccccc6-5)c5ccccc5-n5c6ccccc6c6cccc4c65)-c4cc(-c5ccccc5)cc(-c5ccccc5)c43)cc2)cc1. The Bertz CT molecular complexity index is 3660. The van der Waals surface area contributed by atoms with E-state index in [1.807, 2.05) is 0 Å². The van der Waals surface area contributed by atoms with Crippen molar-refractivity contribution in [2.75, 3.05) is 4.90 Å². The molecule has 3 aliphatic rings. The summed E-state index contributed by atoms with van der Waals surface area (Å²) in [7, 11) is 0. The Labute approximate surface area is 366 Å². The Hall–Kier alpha value is -8.20. The monoisotopic (exact) mass is 798 g/mol. The van der Waals surface area contributed by atoms with Crippen LogP contribution in [-0.4, -0.2) is 4.57 Å². The number of fused-ring (bicyclic) bond motifs is 17. The van der Waals surface area contributed by atoms with Gasteiger partial charge in [-0.25, -0.2) is 0 Å². The van der Waals surface area contributed by atoms with Crippen molar-refractivity contribution in [2.24, 2.45) is 0 Å². The van der Waals surface area contributed by atoms with Gasteiger partial charge < -0.3 is 9.47 Å². The Kier molecular flexibility index (Phi) is 7.07. The minimum atomic E-state index is -0.614. The van der Waals surface area contributed by atoms with E-state index in [1.54, 1.807) is 0 Å². The minimum absolute atomic E-state index is 0.614. The third-order valence-electron chi connectivity index (χ3n) is 14.1. The second-order valence-corrected chi connectivity index (χ2v) is 17.2. The summed E-state index contributed by atoms with van der Waals surface area (Å²) in [5.41, 5.74) is 24.2. The summed E-state index contributed by atoms with van der Waals surface area (Å²) in [4.78, 5) is 2.60. The summed E-state index contributed by atoms with van der Waals surface area (Å²) in [6, 6.07) is 86.0. The predicted octanol–water partition coefficient (Wildman–Crippen LogP) is 15.9. The lowest BCUT2D eigenvalue weighted by Gasteiger charge is -2.43. The number of para-hydroxylation sites is 3. The van der Waals surface area contributed by atoms with Gasteiger partial charge in [-0.2, -0.15) is 0 Å². The van der Waals surface area contributed by atoms with Crippen molar-refractivity contribution in [3.63, 3.8) is 0 Å². The van der Waals surface area contributed by atoms with E-state index in [0.29, 0.717) is 0 Å². The summed E-state index contributed by atoms with van der Waals surface area (Å²) >= 11 is 0. The smallest absolute Gasteiger partial charge is 0.0775 e. The standard InChI is InChI=1S/C61H38N2/c1-4-17-39(18-5-1)41-31-33-45(34-32-41)62-57-38-44(50-36-43(40-19-6-2-7-20-40)35-49(59(50)62)42-21-8-3-9-22-42)37-51-46-23-10-12-26-52(46)61(58(51)57)53-27-13-15-30-56(53)63-55-29-14-11-24-47(55)48-25-16-28-54(61)60(48)63/h1-38H. The molecular formula is C61H38N2. The number of nitrogens with zero attached hydrogens (tertiary/aromatic N) is 2. The van der Waals surface area contributed by atoms with Crippen molar-refractivity contribution in [1.82, 2.24) is 4.57 Å². The molecule has 1 aromatic heterocycles. The van der Waals surface area contributed by atoms with Crippen molar-refractivity contribution in [3.05, 3.63) is 253 Å². The molecule has 63 heavy (non-hydrogen) atoms. The van der Waals surface area contributed by atoms with Crippen LogP contribution in [0.4, 0.5) is 17.1 Å². The van der Waals surface area contributed by atoms with Gasteiger partial charge in [0.25, 0.3) is 0 Å². The van der Waals surface area contributed by atoms with Crippen LogP contribution in [0.15, 0.2) is 231 Å². The van der Waals surface area contributed by atoms with Gasteiger partial charge in [-0.1, -0.05) is 182 Å². The maximum Gasteiger partial charge on any atom is 0.0775 e. The van der Waals surface area contributed by atoms with Crippen LogP contribution in [0.5, 0.6) is 0 Å². The lowest BCUT2D eigenvalue weighted by Crippen LogP contribution is -2.35. The topological polar surface area (TPSA) is 8.17 Å². The van der Waals surface area contributed by atoms with E-state index in [-0.39, 0.29) is 0 Å². The number of rotatable bonds is 4. The molecule has 0 radical (unpaired) electrons. The molecule has 292 valence electrons. The summed E-state index contributed by atoms with van der Waals surface area (Å²) in [6.45, 7) is 0. The zero-order chi connectivity index (χ0) is 41.2. The van der Waals surface area contributed by atoms with Crippen LogP contribution in [0, 0.1) is 0 Å². The van der Waals surface area contributed by atoms with Crippen LogP contribution in [-0.2, 0) is 5.41 Å². The molecule has 2 bridgehead atoms. The van der Waals surface area contributed by atoms with Gasteiger partial charge in [-0.15, -0.1) is 0 Å². The molecule has 1 unspecified atom stereocenters. The van der Waals surface area contributed by atoms with Gasteiger partial charge in [-0.3, -0.25) is 0 Å². The Morgan fingerprint density at radius 2 is 0.873 bits per heavy atom. The number of anilines is 3. The summed E-state index contributed by atoms with van der Waals surface area (Å²) in [5.74, 6) is 0. The molecule has 11 aromatic rings. The molecule has 0 amide bonds. The second-order valence-electron chi connectivity index (χ2n) is 17.2. The average Bonchev–Trinajstić information content (AvgIpc) is 3.85. The van der Waals surface area contributed by atoms with Crippen molar-refractivity contribution in [1.29, 1.82) is 0 Å². The molecule has 2 heteroatoms. The summed E-state index contributed by atoms with van der Waals surface area (Å²) < 4.78 is 2.54. The van der Waals surface area contributed by atoms with Crippen molar-refractivity contribution in [2.45, 2.75) is 5.41 Å². The van der Waals surface area contributed by atoms with E-state index in [2.05, 4.69) is 240 Å². The quantitative estimate of drug-likeness (QED) is 0.172. The molecule has 2 nitrogen and oxygen atoms in total. The molecule has 14 rings (SSSR count). The molecule has 10 aromatic carbocycles. The summed E-state index contributed by atoms with van der Waals surface area (Å²) in [6.07, 6.45) is 0. The van der Waals surface area contributed by atoms with E-state index < -0.39 is 5.41 Å². The van der Waals surface area contributed by atoms with Crippen LogP contribution in [0.1, 0.15) is 22.3 Å². The van der Waals surface area contributed by atoms with E-state index in [4.69, 9.17) is 0 Å². The van der Waals surface area contributed by atoms with Gasteiger partial charge in [0.15, 0.2) is 0 Å². The third-order valence-corrected chi connectivity index (χ3v) is 14.1. The third kappa shape index (κ3) is 4.62. The van der Waals surface area contributed by atoms with Gasteiger partial charge in [0.1, 0.15) is 0 Å². The first-order valence-corrected chi connectivity index (χ1v) is 21.9. The molecule has 0 N–H and O–H groups in total. The highest BCUT2D eigenvalue weighted by Gasteiger charge is 2.53. The van der Waals surface area contributed by atoms with Gasteiger partial charge >= 0.3 is 0 Å². The molecule has 0 saturated heterocycles. The zero-order valence-corrected chi connectivity index (χ0v) is 34.3. The van der Waals surface area contributed by atoms with Crippen molar-refractivity contribution < 1.29 is 0 Å². The van der Waals surface area contributed by atoms with Gasteiger partial charge in [0, 0.05) is 33.2 Å². The number of hydrogen-bond donors (Lipinski definition) is 0. The Morgan fingerprint density at radius 1 is 0.317 bits per heavy atom. The van der Waals surface area contributed by atoms with Crippen LogP contribution < -0.4 is 4.90 Å². The largest absolute Gasteiger partial charge is 0.309 e. The highest BCUT2D eigenvalue weighted by atomic mass is 15.2. The fraction of sp³-hybridized carbons (Fsp3) is 0.0164. The molecule has 3 heterocycles. The highest BCUT2D eigenvalue weighted by Crippen LogP contribution is 2.66. The molecular weight excluding hydrogens is 761 g/mol. The molecule has 0 saturated carbocycles. The van der Waals surface area contributed by atoms with Crippen LogP contribution in [0.2, 0.25) is 0 Å². The van der Waals surface area contributed by atoms with Crippen LogP contribution >= 0.6 is 0 Å². The first-order valence-electron chi connectivity index (χ1n) is 21.9. The van der Waals surface area contributed by atoms with E-state index in [9.17, 15) is 0 Å². The van der Waals surface area contributed by atoms with Crippen LogP contribution in [0.3, 0.4) is 0 Å². The maximum atomic E-state index is 2.60. The molecule has 2 aliphatic heterocycles. The molecule has 1 atom stereocenters. The Balaban J connectivity index is 1.14. The number of benzene rings is 10. The fourth-order valence-electron chi connectivity index (χ4n) is 11.6. The minimum Gasteiger partial charge on any atom is -0.309 e. The second kappa shape index (κ2) is 12.9. The first-order chi connectivity index (χ1) is 31.3. The van der Waals surface area contributed by atoms with Gasteiger partial charge in [0.05, 0.1) is 33.5 Å². The first kappa shape index (κ1) is 34.5. The molecule has 1 aliphatic carbocycles. The van der Waals surface area contributed by atoms with Crippen molar-refractivity contribution >= 4 is 38.9 Å². The van der Waals surface area contributed by atoms with Crippen LogP contribution in [0.25, 0.3) is 83.1 Å². The number of hydrogen-bond acceptors (Lipinski definition) is 1. The van der Waals surface area contributed by atoms with Gasteiger partial charge in [0.2, 0.25) is 0 Å². The van der Waals surface area contributed by atoms with E-state index in [1.165, 1.54) is 117 Å². The fourth-order valence-corrected chi connectivity index (χ4v) is 11.6. The summed E-state index contributed by atoms with van der Waals surface area (Å²) in [5, 5.41) is 2.56. The van der Waals surface area contributed by atoms with Crippen molar-refractivity contribution in [3.8, 4) is 61.3 Å². The lowest BCUT2D eigenvalue weighted by atomic mass is 9.64. The highest BCUT2D eigenvalue weighted by molar-refractivity contribution is 6.14. The zero-order valence-electron chi connectivity index (χ0n) is 34.3. The normalized spacial score (nSPS) is 15.0. The van der Waals surface area contributed by atoms with E-state index >= 15 is 0 Å². The van der Waals surface area contributed by atoms with Gasteiger partial charge in [-0.05, 0) is 110 Å². The average molecular weight is 799 g/mol. The molecule has 0 fully saturated rings. The lowest BCUT2D eigenvalue weighted by molar-refractivity contribution is 0.748. The Morgan fingerprint density at radius 3 is 1.63 bits per heavy atom. The predicted molar refractivity (Wildman–Crippen MR) is 262 cm³/mol. The van der Waals surface area contributed by atoms with E-state index in [0.717, 1.165) is 5.69 Å². The number of aromatic nitrogens is 1.